The van der Waals surface area contributed by atoms with Crippen LogP contribution in [0.2, 0.25) is 0 Å². The fourth-order valence-corrected chi connectivity index (χ4v) is 1.28. The molecule has 2 nitrogen and oxygen atoms in total. The molecule has 1 atom stereocenters. The molecule has 0 aliphatic carbocycles. The summed E-state index contributed by atoms with van der Waals surface area (Å²) in [6.45, 7) is 0.582. The van der Waals surface area contributed by atoms with E-state index in [1.807, 2.05) is 6.07 Å². The van der Waals surface area contributed by atoms with Crippen LogP contribution in [-0.2, 0) is 0 Å². The van der Waals surface area contributed by atoms with Gasteiger partial charge in [-0.3, -0.25) is 10.3 Å². The number of hydrogen-bond donors (Lipinski definition) is 1. The Balaban J connectivity index is 2.33. The van der Waals surface area contributed by atoms with E-state index in [9.17, 15) is 4.39 Å². The van der Waals surface area contributed by atoms with Gasteiger partial charge in [0.2, 0.25) is 0 Å². The van der Waals surface area contributed by atoms with E-state index in [1.165, 1.54) is 6.07 Å². The SMILES string of the molecule is Fc1ccccc1C1C=NCN1. The minimum absolute atomic E-state index is 0.0498. The van der Waals surface area contributed by atoms with Crippen LogP contribution in [-0.4, -0.2) is 12.9 Å². The van der Waals surface area contributed by atoms with Crippen LogP contribution < -0.4 is 5.32 Å². The molecular weight excluding hydrogens is 155 g/mol. The predicted molar refractivity (Wildman–Crippen MR) is 45.6 cm³/mol. The molecule has 2 rings (SSSR count). The van der Waals surface area contributed by atoms with Crippen LogP contribution in [0.1, 0.15) is 11.6 Å². The second kappa shape index (κ2) is 3.03. The lowest BCUT2D eigenvalue weighted by atomic mass is 10.1. The number of nitrogens with zero attached hydrogens (tertiary/aromatic N) is 1. The first-order valence-electron chi connectivity index (χ1n) is 3.85. The van der Waals surface area contributed by atoms with Gasteiger partial charge in [-0.1, -0.05) is 18.2 Å². The van der Waals surface area contributed by atoms with Crippen molar-refractivity contribution in [3.8, 4) is 0 Å². The molecule has 0 fully saturated rings. The van der Waals surface area contributed by atoms with E-state index in [4.69, 9.17) is 0 Å². The molecule has 1 heterocycles. The summed E-state index contributed by atoms with van der Waals surface area (Å²) in [6, 6.07) is 6.69. The largest absolute Gasteiger partial charge is 0.287 e. The lowest BCUT2D eigenvalue weighted by Gasteiger charge is -2.07. The maximum absolute atomic E-state index is 13.1. The number of hydrogen-bond acceptors (Lipinski definition) is 2. The van der Waals surface area contributed by atoms with Crippen LogP contribution in [0.3, 0.4) is 0 Å². The van der Waals surface area contributed by atoms with Gasteiger partial charge in [0, 0.05) is 11.8 Å². The Labute approximate surface area is 70.1 Å². The Morgan fingerprint density at radius 1 is 1.42 bits per heavy atom. The maximum Gasteiger partial charge on any atom is 0.128 e. The second-order valence-electron chi connectivity index (χ2n) is 2.69. The summed E-state index contributed by atoms with van der Waals surface area (Å²) in [5.74, 6) is -0.177. The van der Waals surface area contributed by atoms with Gasteiger partial charge in [-0.25, -0.2) is 4.39 Å². The number of nitrogens with one attached hydrogen (secondary N) is 1. The molecule has 62 valence electrons. The molecular formula is C9H9FN2. The van der Waals surface area contributed by atoms with Crippen molar-refractivity contribution in [3.05, 3.63) is 35.6 Å². The first-order valence-corrected chi connectivity index (χ1v) is 3.85. The number of aliphatic imine (C=N–C) groups is 1. The lowest BCUT2D eigenvalue weighted by molar-refractivity contribution is 0.589. The van der Waals surface area contributed by atoms with E-state index >= 15 is 0 Å². The predicted octanol–water partition coefficient (Wildman–Crippen LogP) is 1.50. The smallest absolute Gasteiger partial charge is 0.128 e. The van der Waals surface area contributed by atoms with Crippen LogP contribution in [0.15, 0.2) is 29.3 Å². The van der Waals surface area contributed by atoms with Gasteiger partial charge in [0.1, 0.15) is 5.82 Å². The normalized spacial score (nSPS) is 21.6. The van der Waals surface area contributed by atoms with Gasteiger partial charge < -0.3 is 0 Å². The van der Waals surface area contributed by atoms with Crippen molar-refractivity contribution in [3.63, 3.8) is 0 Å². The average Bonchev–Trinajstić information content (AvgIpc) is 2.57. The van der Waals surface area contributed by atoms with E-state index < -0.39 is 0 Å². The van der Waals surface area contributed by atoms with Crippen molar-refractivity contribution >= 4 is 6.21 Å². The molecule has 0 aromatic heterocycles. The zero-order valence-corrected chi connectivity index (χ0v) is 6.50. The standard InChI is InChI=1S/C9H9FN2/c10-8-4-2-1-3-7(8)9-5-11-6-12-9/h1-5,9,12H,6H2. The Hall–Kier alpha value is -1.22. The van der Waals surface area contributed by atoms with Crippen molar-refractivity contribution in [2.75, 3.05) is 6.67 Å². The van der Waals surface area contributed by atoms with Crippen molar-refractivity contribution in [1.82, 2.24) is 5.32 Å². The van der Waals surface area contributed by atoms with E-state index in [-0.39, 0.29) is 11.9 Å². The first kappa shape index (κ1) is 7.43. The average molecular weight is 164 g/mol. The third kappa shape index (κ3) is 1.23. The summed E-state index contributed by atoms with van der Waals surface area (Å²) in [7, 11) is 0. The Kier molecular flexibility index (Phi) is 1.87. The van der Waals surface area contributed by atoms with Crippen molar-refractivity contribution in [2.45, 2.75) is 6.04 Å². The molecule has 0 saturated carbocycles. The number of halogens is 1. The number of benzene rings is 1. The van der Waals surface area contributed by atoms with Gasteiger partial charge in [0.15, 0.2) is 0 Å². The molecule has 1 aromatic carbocycles. The van der Waals surface area contributed by atoms with Crippen molar-refractivity contribution in [2.24, 2.45) is 4.99 Å². The summed E-state index contributed by atoms with van der Waals surface area (Å²) in [5.41, 5.74) is 0.666. The highest BCUT2D eigenvalue weighted by Crippen LogP contribution is 2.16. The molecule has 3 heteroatoms. The highest BCUT2D eigenvalue weighted by Gasteiger charge is 2.14. The molecule has 0 saturated heterocycles. The molecule has 0 bridgehead atoms. The molecule has 1 aromatic rings. The highest BCUT2D eigenvalue weighted by atomic mass is 19.1. The minimum atomic E-state index is -0.177. The van der Waals surface area contributed by atoms with E-state index in [2.05, 4.69) is 10.3 Å². The van der Waals surface area contributed by atoms with Crippen LogP contribution in [0.4, 0.5) is 4.39 Å². The molecule has 0 amide bonds. The van der Waals surface area contributed by atoms with Gasteiger partial charge in [0.25, 0.3) is 0 Å². The Morgan fingerprint density at radius 3 is 2.92 bits per heavy atom. The van der Waals surface area contributed by atoms with Crippen molar-refractivity contribution in [1.29, 1.82) is 0 Å². The summed E-state index contributed by atoms with van der Waals surface area (Å²) in [4.78, 5) is 3.98. The van der Waals surface area contributed by atoms with E-state index in [0.717, 1.165) is 0 Å². The van der Waals surface area contributed by atoms with Crippen molar-refractivity contribution < 1.29 is 4.39 Å². The zero-order chi connectivity index (χ0) is 8.39. The van der Waals surface area contributed by atoms with Gasteiger partial charge in [-0.05, 0) is 6.07 Å². The molecule has 1 aliphatic heterocycles. The summed E-state index contributed by atoms with van der Waals surface area (Å²) in [5, 5.41) is 3.05. The monoisotopic (exact) mass is 164 g/mol. The molecule has 1 unspecified atom stereocenters. The van der Waals surface area contributed by atoms with Gasteiger partial charge in [0.05, 0.1) is 12.7 Å². The van der Waals surface area contributed by atoms with Crippen LogP contribution >= 0.6 is 0 Å². The van der Waals surface area contributed by atoms with Gasteiger partial charge in [-0.15, -0.1) is 0 Å². The third-order valence-corrected chi connectivity index (χ3v) is 1.90. The van der Waals surface area contributed by atoms with Crippen LogP contribution in [0, 0.1) is 5.82 Å². The molecule has 1 N–H and O–H groups in total. The van der Waals surface area contributed by atoms with Crippen LogP contribution in [0.25, 0.3) is 0 Å². The van der Waals surface area contributed by atoms with E-state index in [0.29, 0.717) is 12.2 Å². The molecule has 12 heavy (non-hydrogen) atoms. The Morgan fingerprint density at radius 2 is 2.25 bits per heavy atom. The van der Waals surface area contributed by atoms with E-state index in [1.54, 1.807) is 18.3 Å². The fourth-order valence-electron chi connectivity index (χ4n) is 1.28. The molecule has 0 spiro atoms. The second-order valence-corrected chi connectivity index (χ2v) is 2.69. The molecule has 1 aliphatic rings. The van der Waals surface area contributed by atoms with Gasteiger partial charge in [-0.2, -0.15) is 0 Å². The number of rotatable bonds is 1. The van der Waals surface area contributed by atoms with Gasteiger partial charge >= 0.3 is 0 Å². The maximum atomic E-state index is 13.1. The molecule has 0 radical (unpaired) electrons. The third-order valence-electron chi connectivity index (χ3n) is 1.90. The summed E-state index contributed by atoms with van der Waals surface area (Å²) in [6.07, 6.45) is 1.73. The Bertz CT molecular complexity index is 309. The summed E-state index contributed by atoms with van der Waals surface area (Å²) >= 11 is 0. The lowest BCUT2D eigenvalue weighted by Crippen LogP contribution is -2.16. The highest BCUT2D eigenvalue weighted by molar-refractivity contribution is 5.69. The minimum Gasteiger partial charge on any atom is -0.287 e. The fraction of sp³-hybridized carbons (Fsp3) is 0.222. The first-order chi connectivity index (χ1) is 5.88. The topological polar surface area (TPSA) is 24.4 Å². The van der Waals surface area contributed by atoms with Crippen LogP contribution in [0.5, 0.6) is 0 Å². The quantitative estimate of drug-likeness (QED) is 0.668. The zero-order valence-electron chi connectivity index (χ0n) is 6.50. The summed E-state index contributed by atoms with van der Waals surface area (Å²) < 4.78 is 13.1.